The Morgan fingerprint density at radius 2 is 1.91 bits per heavy atom. The van der Waals surface area contributed by atoms with Gasteiger partial charge in [-0.05, 0) is 43.1 Å². The molecule has 3 aliphatic rings. The van der Waals surface area contributed by atoms with E-state index in [1.807, 2.05) is 4.90 Å². The van der Waals surface area contributed by atoms with Gasteiger partial charge in [-0.3, -0.25) is 9.69 Å². The minimum atomic E-state index is -4.57. The van der Waals surface area contributed by atoms with Crippen molar-refractivity contribution in [2.45, 2.75) is 77.6 Å². The van der Waals surface area contributed by atoms with Crippen LogP contribution in [0.2, 0.25) is 0 Å². The van der Waals surface area contributed by atoms with Crippen molar-refractivity contribution < 1.29 is 23.0 Å². The second-order valence-corrected chi connectivity index (χ2v) is 10.5. The summed E-state index contributed by atoms with van der Waals surface area (Å²) in [6.07, 6.45) is -2.53. The zero-order chi connectivity index (χ0) is 23.9. The molecule has 4 unspecified atom stereocenters. The lowest BCUT2D eigenvalue weighted by Crippen LogP contribution is -2.48. The molecule has 4 rings (SSSR count). The molecule has 9 heteroatoms. The van der Waals surface area contributed by atoms with Crippen LogP contribution in [0, 0.1) is 23.7 Å². The van der Waals surface area contributed by atoms with Crippen LogP contribution in [0.4, 0.5) is 13.2 Å². The Balaban J connectivity index is 1.48. The first-order chi connectivity index (χ1) is 15.5. The lowest BCUT2D eigenvalue weighted by atomic mass is 9.84. The van der Waals surface area contributed by atoms with Crippen molar-refractivity contribution in [3.8, 4) is 0 Å². The van der Waals surface area contributed by atoms with Gasteiger partial charge < -0.3 is 19.7 Å². The molecule has 2 fully saturated rings. The Morgan fingerprint density at radius 1 is 1.18 bits per heavy atom. The predicted octanol–water partition coefficient (Wildman–Crippen LogP) is 3.07. The Labute approximate surface area is 193 Å². The Morgan fingerprint density at radius 3 is 2.58 bits per heavy atom. The fourth-order valence-corrected chi connectivity index (χ4v) is 5.99. The number of pyridine rings is 1. The van der Waals surface area contributed by atoms with Gasteiger partial charge in [-0.15, -0.1) is 0 Å². The van der Waals surface area contributed by atoms with Gasteiger partial charge in [0.15, 0.2) is 0 Å². The third-order valence-electron chi connectivity index (χ3n) is 7.88. The van der Waals surface area contributed by atoms with Crippen LogP contribution in [0.1, 0.15) is 51.3 Å². The third kappa shape index (κ3) is 5.31. The second kappa shape index (κ2) is 9.68. The van der Waals surface area contributed by atoms with Crippen molar-refractivity contribution in [2.75, 3.05) is 19.8 Å². The van der Waals surface area contributed by atoms with Gasteiger partial charge >= 0.3 is 6.18 Å². The van der Waals surface area contributed by atoms with Crippen LogP contribution in [0.3, 0.4) is 0 Å². The standard InChI is InChI=1S/C24H36F3N3O3/c1-14(2)19-10-17(28-21-4-7-33-13-15(21)3)11-20(19)23(32)29-5-6-30-18(12-29)8-16(9-22(30)31)24(25,26)27/h8-9,14-15,17,19-21,23,28,32H,4-7,10-13H2,1-3H3/t15-,17?,19?,20?,21?,23+/m0/s1. The number of ether oxygens (including phenoxy) is 1. The zero-order valence-electron chi connectivity index (χ0n) is 19.6. The topological polar surface area (TPSA) is 66.7 Å². The van der Waals surface area contributed by atoms with Crippen LogP contribution in [0.15, 0.2) is 16.9 Å². The molecule has 186 valence electrons. The Kier molecular flexibility index (Phi) is 7.24. The van der Waals surface area contributed by atoms with Gasteiger partial charge in [-0.2, -0.15) is 13.2 Å². The van der Waals surface area contributed by atoms with E-state index in [-0.39, 0.29) is 19.0 Å². The Bertz CT molecular complexity index is 888. The van der Waals surface area contributed by atoms with Crippen molar-refractivity contribution in [3.63, 3.8) is 0 Å². The normalized spacial score (nSPS) is 32.2. The number of alkyl halides is 3. The van der Waals surface area contributed by atoms with E-state index in [4.69, 9.17) is 4.74 Å². The molecular weight excluding hydrogens is 435 g/mol. The number of nitrogens with zero attached hydrogens (tertiary/aromatic N) is 2. The minimum absolute atomic E-state index is 0.0294. The number of aliphatic hydroxyl groups is 1. The first kappa shape index (κ1) is 24.7. The number of fused-ring (bicyclic) bond motifs is 1. The van der Waals surface area contributed by atoms with E-state index in [0.717, 1.165) is 38.5 Å². The number of halogens is 3. The molecule has 0 amide bonds. The molecule has 6 nitrogen and oxygen atoms in total. The van der Waals surface area contributed by atoms with Crippen molar-refractivity contribution in [3.05, 3.63) is 33.7 Å². The molecule has 1 saturated heterocycles. The SMILES string of the molecule is CC(C)C1CC(NC2CCOC[C@@H]2C)CC1[C@@H](O)N1CCn2c(cc(C(F)(F)F)cc2=O)C1. The van der Waals surface area contributed by atoms with E-state index in [9.17, 15) is 23.1 Å². The number of nitrogens with one attached hydrogen (secondary N) is 1. The third-order valence-corrected chi connectivity index (χ3v) is 7.88. The number of aliphatic hydroxyl groups excluding tert-OH is 1. The molecule has 1 aromatic heterocycles. The molecule has 2 N–H and O–H groups in total. The smallest absolute Gasteiger partial charge is 0.381 e. The summed E-state index contributed by atoms with van der Waals surface area (Å²) in [5.74, 6) is 1.18. The van der Waals surface area contributed by atoms with E-state index < -0.39 is 23.5 Å². The van der Waals surface area contributed by atoms with Crippen LogP contribution in [0.25, 0.3) is 0 Å². The molecule has 1 saturated carbocycles. The highest BCUT2D eigenvalue weighted by atomic mass is 19.4. The van der Waals surface area contributed by atoms with Crippen molar-refractivity contribution in [1.82, 2.24) is 14.8 Å². The van der Waals surface area contributed by atoms with E-state index in [1.165, 1.54) is 4.57 Å². The van der Waals surface area contributed by atoms with Gasteiger partial charge in [-0.25, -0.2) is 0 Å². The number of aromatic nitrogens is 1. The van der Waals surface area contributed by atoms with Crippen LogP contribution in [-0.2, 0) is 24.0 Å². The van der Waals surface area contributed by atoms with Crippen molar-refractivity contribution in [2.24, 2.45) is 23.7 Å². The fraction of sp³-hybridized carbons (Fsp3) is 0.792. The summed E-state index contributed by atoms with van der Waals surface area (Å²) < 4.78 is 46.6. The molecule has 3 heterocycles. The van der Waals surface area contributed by atoms with E-state index in [1.54, 1.807) is 0 Å². The maximum atomic E-state index is 13.2. The highest BCUT2D eigenvalue weighted by Gasteiger charge is 2.43. The lowest BCUT2D eigenvalue weighted by Gasteiger charge is -2.38. The fourth-order valence-electron chi connectivity index (χ4n) is 5.99. The zero-order valence-corrected chi connectivity index (χ0v) is 19.6. The summed E-state index contributed by atoms with van der Waals surface area (Å²) in [6.45, 7) is 8.92. The second-order valence-electron chi connectivity index (χ2n) is 10.5. The summed E-state index contributed by atoms with van der Waals surface area (Å²) in [6, 6.07) is 2.42. The average molecular weight is 472 g/mol. The molecule has 0 bridgehead atoms. The van der Waals surface area contributed by atoms with Gasteiger partial charge in [0, 0.05) is 56.0 Å². The summed E-state index contributed by atoms with van der Waals surface area (Å²) in [5.41, 5.74) is -1.25. The minimum Gasteiger partial charge on any atom is -0.381 e. The molecule has 0 aromatic carbocycles. The highest BCUT2D eigenvalue weighted by Crippen LogP contribution is 2.41. The summed E-state index contributed by atoms with van der Waals surface area (Å²) in [4.78, 5) is 14.1. The van der Waals surface area contributed by atoms with Crippen molar-refractivity contribution >= 4 is 0 Å². The molecule has 33 heavy (non-hydrogen) atoms. The van der Waals surface area contributed by atoms with Crippen LogP contribution >= 0.6 is 0 Å². The van der Waals surface area contributed by atoms with Gasteiger partial charge in [0.05, 0.1) is 12.2 Å². The molecule has 0 spiro atoms. The van der Waals surface area contributed by atoms with Gasteiger partial charge in [0.2, 0.25) is 0 Å². The summed E-state index contributed by atoms with van der Waals surface area (Å²) in [7, 11) is 0. The molecule has 2 aliphatic heterocycles. The average Bonchev–Trinajstić information content (AvgIpc) is 3.18. The first-order valence-corrected chi connectivity index (χ1v) is 12.1. The summed E-state index contributed by atoms with van der Waals surface area (Å²) in [5, 5.41) is 15.2. The number of hydrogen-bond acceptors (Lipinski definition) is 5. The van der Waals surface area contributed by atoms with Gasteiger partial charge in [0.1, 0.15) is 6.23 Å². The molecule has 1 aromatic rings. The van der Waals surface area contributed by atoms with Gasteiger partial charge in [0.25, 0.3) is 5.56 Å². The molecule has 1 aliphatic carbocycles. The highest BCUT2D eigenvalue weighted by molar-refractivity contribution is 5.22. The first-order valence-electron chi connectivity index (χ1n) is 12.1. The molecule has 0 radical (unpaired) electrons. The molecular formula is C24H36F3N3O3. The van der Waals surface area contributed by atoms with Crippen LogP contribution < -0.4 is 10.9 Å². The largest absolute Gasteiger partial charge is 0.416 e. The van der Waals surface area contributed by atoms with E-state index in [0.29, 0.717) is 48.1 Å². The molecule has 6 atom stereocenters. The van der Waals surface area contributed by atoms with E-state index in [2.05, 4.69) is 26.1 Å². The van der Waals surface area contributed by atoms with Crippen LogP contribution in [0.5, 0.6) is 0 Å². The number of hydrogen-bond donors (Lipinski definition) is 2. The Hall–Kier alpha value is -1.42. The summed E-state index contributed by atoms with van der Waals surface area (Å²) >= 11 is 0. The predicted molar refractivity (Wildman–Crippen MR) is 118 cm³/mol. The maximum absolute atomic E-state index is 13.2. The quantitative estimate of drug-likeness (QED) is 0.691. The maximum Gasteiger partial charge on any atom is 0.416 e. The van der Waals surface area contributed by atoms with Gasteiger partial charge in [-0.1, -0.05) is 20.8 Å². The van der Waals surface area contributed by atoms with Crippen molar-refractivity contribution in [1.29, 1.82) is 0 Å². The number of rotatable bonds is 5. The van der Waals surface area contributed by atoms with Crippen LogP contribution in [-0.4, -0.2) is 52.6 Å². The monoisotopic (exact) mass is 471 g/mol. The van der Waals surface area contributed by atoms with E-state index >= 15 is 0 Å². The lowest BCUT2D eigenvalue weighted by molar-refractivity contribution is -0.138.